The Morgan fingerprint density at radius 1 is 0.839 bits per heavy atom. The van der Waals surface area contributed by atoms with Crippen molar-refractivity contribution in [3.05, 3.63) is 154 Å². The van der Waals surface area contributed by atoms with Gasteiger partial charge in [0.25, 0.3) is 5.91 Å². The lowest BCUT2D eigenvalue weighted by Gasteiger charge is -2.37. The van der Waals surface area contributed by atoms with E-state index in [0.717, 1.165) is 4.57 Å². The van der Waals surface area contributed by atoms with Gasteiger partial charge in [0.15, 0.2) is 18.5 Å². The molecule has 1 aromatic heterocycles. The smallest absolute Gasteiger partial charge is 0.351 e. The highest BCUT2D eigenvalue weighted by molar-refractivity contribution is 6.04. The molecular formula is C42H40FN3O10. The van der Waals surface area contributed by atoms with Gasteiger partial charge in [0.2, 0.25) is 0 Å². The molecule has 1 unspecified atom stereocenters. The zero-order valence-corrected chi connectivity index (χ0v) is 30.8. The number of carbonyl (C=O) groups is 3. The summed E-state index contributed by atoms with van der Waals surface area (Å²) in [7, 11) is 3.10. The number of hydrogen-bond acceptors (Lipinski definition) is 10. The number of nitrogens with one attached hydrogen (secondary N) is 1. The summed E-state index contributed by atoms with van der Waals surface area (Å²) in [6.07, 6.45) is -6.50. The number of rotatable bonds is 15. The van der Waals surface area contributed by atoms with Gasteiger partial charge >= 0.3 is 17.6 Å². The summed E-state index contributed by atoms with van der Waals surface area (Å²) in [5, 5.41) is 11.8. The molecule has 0 radical (unpaired) electrons. The number of aryl methyl sites for hydroxylation is 1. The Hall–Kier alpha value is -6.38. The summed E-state index contributed by atoms with van der Waals surface area (Å²) in [6, 6.07) is 32.1. The minimum atomic E-state index is -2.13. The number of halogens is 1. The minimum Gasteiger partial charge on any atom is -0.497 e. The number of aliphatic carboxylic acids is 1. The number of carbonyl (C=O) groups excluding carboxylic acids is 2. The molecule has 4 aromatic carbocycles. The number of anilines is 1. The van der Waals surface area contributed by atoms with Crippen LogP contribution in [0.2, 0.25) is 0 Å². The van der Waals surface area contributed by atoms with Crippen LogP contribution in [0, 0.1) is 6.92 Å². The number of aromatic nitrogens is 2. The zero-order valence-electron chi connectivity index (χ0n) is 30.8. The fourth-order valence-electron chi connectivity index (χ4n) is 6.54. The summed E-state index contributed by atoms with van der Waals surface area (Å²) >= 11 is 0. The standard InChI is InChI=1S/C42H40FN3O10/c1-26-24-46(41(51)45-38(26)44-39(50)27-10-6-4-7-11-27)40-36(43)37(56-35(49)23-22-34(47)48)33(55-40)25-54-42(28-12-8-5-9-13-28,29-14-18-31(52-2)19-15-29)30-16-20-32(53-3)21-17-30/h4-21,24,33,36-37,40H,22-23,25H2,1-3H3,(H,47,48)(H,44,45,50,51)/t33-,36?,37+,40-/m1/s1. The van der Waals surface area contributed by atoms with Crippen molar-refractivity contribution in [2.45, 2.75) is 50.0 Å². The first-order valence-electron chi connectivity index (χ1n) is 17.7. The second kappa shape index (κ2) is 17.4. The van der Waals surface area contributed by atoms with Gasteiger partial charge in [-0.2, -0.15) is 4.98 Å². The van der Waals surface area contributed by atoms with E-state index in [-0.39, 0.29) is 12.4 Å². The van der Waals surface area contributed by atoms with Gasteiger partial charge in [-0.3, -0.25) is 19.0 Å². The summed E-state index contributed by atoms with van der Waals surface area (Å²) < 4.78 is 47.1. The number of carboxylic acids is 1. The number of alkyl halides is 1. The molecule has 2 heterocycles. The van der Waals surface area contributed by atoms with E-state index in [2.05, 4.69) is 10.3 Å². The van der Waals surface area contributed by atoms with Crippen LogP contribution >= 0.6 is 0 Å². The third-order valence-electron chi connectivity index (χ3n) is 9.39. The molecule has 2 N–H and O–H groups in total. The van der Waals surface area contributed by atoms with Gasteiger partial charge in [-0.1, -0.05) is 72.8 Å². The first-order chi connectivity index (χ1) is 27.0. The van der Waals surface area contributed by atoms with Gasteiger partial charge in [0.1, 0.15) is 29.0 Å². The number of ether oxygens (including phenoxy) is 5. The van der Waals surface area contributed by atoms with Crippen molar-refractivity contribution in [1.29, 1.82) is 0 Å². The molecule has 1 amide bonds. The highest BCUT2D eigenvalue weighted by Crippen LogP contribution is 2.43. The van der Waals surface area contributed by atoms with Gasteiger partial charge in [0.05, 0.1) is 33.7 Å². The number of hydrogen-bond donors (Lipinski definition) is 2. The first kappa shape index (κ1) is 39.3. The maximum Gasteiger partial charge on any atom is 0.351 e. The van der Waals surface area contributed by atoms with E-state index in [4.69, 9.17) is 28.8 Å². The predicted molar refractivity (Wildman–Crippen MR) is 201 cm³/mol. The highest BCUT2D eigenvalue weighted by atomic mass is 19.1. The maximum absolute atomic E-state index is 16.7. The Balaban J connectivity index is 1.38. The van der Waals surface area contributed by atoms with Crippen LogP contribution in [0.5, 0.6) is 11.5 Å². The van der Waals surface area contributed by atoms with Crippen LogP contribution in [0.15, 0.2) is 120 Å². The molecule has 13 nitrogen and oxygen atoms in total. The molecule has 0 aliphatic carbocycles. The molecule has 0 spiro atoms. The monoisotopic (exact) mass is 765 g/mol. The Morgan fingerprint density at radius 2 is 1.39 bits per heavy atom. The van der Waals surface area contributed by atoms with Crippen LogP contribution in [0.4, 0.5) is 10.2 Å². The molecule has 0 bridgehead atoms. The maximum atomic E-state index is 16.7. The molecule has 1 fully saturated rings. The third-order valence-corrected chi connectivity index (χ3v) is 9.39. The Morgan fingerprint density at radius 3 is 1.95 bits per heavy atom. The summed E-state index contributed by atoms with van der Waals surface area (Å²) in [6.45, 7) is 1.20. The van der Waals surface area contributed by atoms with Crippen LogP contribution in [0.25, 0.3) is 0 Å². The molecule has 0 saturated carbocycles. The van der Waals surface area contributed by atoms with E-state index in [1.807, 2.05) is 54.6 Å². The largest absolute Gasteiger partial charge is 0.497 e. The molecule has 4 atom stereocenters. The van der Waals surface area contributed by atoms with Crippen molar-refractivity contribution in [2.24, 2.45) is 0 Å². The lowest BCUT2D eigenvalue weighted by Crippen LogP contribution is -2.41. The number of benzene rings is 4. The molecule has 5 aromatic rings. The van der Waals surface area contributed by atoms with E-state index < -0.39 is 66.6 Å². The molecule has 1 aliphatic rings. The number of carboxylic acid groups (broad SMARTS) is 1. The topological polar surface area (TPSA) is 165 Å². The van der Waals surface area contributed by atoms with E-state index in [1.54, 1.807) is 75.7 Å². The molecule has 6 rings (SSSR count). The Kier molecular flexibility index (Phi) is 12.2. The molecule has 290 valence electrons. The third kappa shape index (κ3) is 8.46. The van der Waals surface area contributed by atoms with Crippen molar-refractivity contribution >= 4 is 23.7 Å². The van der Waals surface area contributed by atoms with Gasteiger partial charge < -0.3 is 34.1 Å². The van der Waals surface area contributed by atoms with Crippen molar-refractivity contribution in [3.8, 4) is 11.5 Å². The van der Waals surface area contributed by atoms with Crippen LogP contribution in [0.1, 0.15) is 51.7 Å². The second-order valence-corrected chi connectivity index (χ2v) is 13.0. The van der Waals surface area contributed by atoms with Crippen molar-refractivity contribution < 1.29 is 47.6 Å². The molecular weight excluding hydrogens is 725 g/mol. The summed E-state index contributed by atoms with van der Waals surface area (Å²) in [5.41, 5.74) is 0.382. The molecule has 14 heteroatoms. The zero-order chi connectivity index (χ0) is 39.8. The lowest BCUT2D eigenvalue weighted by atomic mass is 9.80. The number of esters is 1. The van der Waals surface area contributed by atoms with Crippen molar-refractivity contribution in [3.63, 3.8) is 0 Å². The first-order valence-corrected chi connectivity index (χ1v) is 17.7. The average Bonchev–Trinajstić information content (AvgIpc) is 3.53. The SMILES string of the molecule is COc1ccc(C(OC[C@H]2O[C@@H](n3cc(C)c(NC(=O)c4ccccc4)nc3=O)C(F)[C@H]2OC(=O)CCC(=O)O)(c2ccccc2)c2ccc(OC)cc2)cc1. The van der Waals surface area contributed by atoms with E-state index >= 15 is 4.39 Å². The van der Waals surface area contributed by atoms with Crippen LogP contribution in [-0.4, -0.2) is 71.7 Å². The molecule has 56 heavy (non-hydrogen) atoms. The fourth-order valence-corrected chi connectivity index (χ4v) is 6.54. The fraction of sp³-hybridized carbons (Fsp3) is 0.262. The highest BCUT2D eigenvalue weighted by Gasteiger charge is 2.51. The minimum absolute atomic E-state index is 0.0309. The second-order valence-electron chi connectivity index (χ2n) is 13.0. The molecule has 1 aliphatic heterocycles. The Labute approximate surface area is 321 Å². The number of methoxy groups -OCH3 is 2. The summed E-state index contributed by atoms with van der Waals surface area (Å²) in [4.78, 5) is 54.4. The predicted octanol–water partition coefficient (Wildman–Crippen LogP) is 5.84. The van der Waals surface area contributed by atoms with Crippen LogP contribution < -0.4 is 20.5 Å². The molecule has 1 saturated heterocycles. The Bertz CT molecular complexity index is 2150. The van der Waals surface area contributed by atoms with Gasteiger partial charge in [-0.25, -0.2) is 9.18 Å². The van der Waals surface area contributed by atoms with Crippen molar-refractivity contribution in [1.82, 2.24) is 9.55 Å². The van der Waals surface area contributed by atoms with E-state index in [9.17, 15) is 19.2 Å². The van der Waals surface area contributed by atoms with Gasteiger partial charge in [-0.15, -0.1) is 0 Å². The number of amides is 1. The van der Waals surface area contributed by atoms with E-state index in [1.165, 1.54) is 6.20 Å². The normalized spacial score (nSPS) is 17.9. The average molecular weight is 766 g/mol. The van der Waals surface area contributed by atoms with Gasteiger partial charge in [-0.05, 0) is 60.0 Å². The lowest BCUT2D eigenvalue weighted by molar-refractivity contribution is -0.159. The van der Waals surface area contributed by atoms with Gasteiger partial charge in [0, 0.05) is 17.3 Å². The summed E-state index contributed by atoms with van der Waals surface area (Å²) in [5.74, 6) is -1.55. The van der Waals surface area contributed by atoms with Crippen molar-refractivity contribution in [2.75, 3.05) is 26.1 Å². The number of nitrogens with zero attached hydrogens (tertiary/aromatic N) is 2. The van der Waals surface area contributed by atoms with Crippen LogP contribution in [-0.2, 0) is 29.4 Å². The quantitative estimate of drug-likeness (QED) is 0.0972. The van der Waals surface area contributed by atoms with E-state index in [0.29, 0.717) is 39.3 Å². The van der Waals surface area contributed by atoms with Crippen LogP contribution in [0.3, 0.4) is 0 Å².